The molecule has 0 aliphatic rings. The highest BCUT2D eigenvalue weighted by Gasteiger charge is 2.21. The lowest BCUT2D eigenvalue weighted by Gasteiger charge is -2.21. The number of pyridine rings is 1. The fourth-order valence-corrected chi connectivity index (χ4v) is 3.98. The van der Waals surface area contributed by atoms with Crippen molar-refractivity contribution in [1.29, 1.82) is 0 Å². The van der Waals surface area contributed by atoms with E-state index in [1.165, 1.54) is 5.56 Å². The highest BCUT2D eigenvalue weighted by molar-refractivity contribution is 6.30. The van der Waals surface area contributed by atoms with Gasteiger partial charge in [-0.05, 0) is 60.0 Å². The summed E-state index contributed by atoms with van der Waals surface area (Å²) in [6, 6.07) is 29.6. The van der Waals surface area contributed by atoms with Gasteiger partial charge in [-0.2, -0.15) is 5.11 Å². The summed E-state index contributed by atoms with van der Waals surface area (Å²) < 4.78 is 0. The molecule has 1 aromatic heterocycles. The van der Waals surface area contributed by atoms with Gasteiger partial charge in [-0.1, -0.05) is 72.3 Å². The van der Waals surface area contributed by atoms with Gasteiger partial charge in [-0.15, -0.1) is 5.11 Å². The molecule has 0 spiro atoms. The van der Waals surface area contributed by atoms with Crippen molar-refractivity contribution in [2.45, 2.75) is 18.9 Å². The zero-order chi connectivity index (χ0) is 23.8. The van der Waals surface area contributed by atoms with Crippen LogP contribution in [0.15, 0.2) is 101 Å². The van der Waals surface area contributed by atoms with E-state index >= 15 is 0 Å². The van der Waals surface area contributed by atoms with Crippen LogP contribution in [0.25, 0.3) is 0 Å². The topological polar surface area (TPSA) is 102 Å². The third-order valence-corrected chi connectivity index (χ3v) is 5.77. The zero-order valence-corrected chi connectivity index (χ0v) is 19.5. The molecule has 5 N–H and O–H groups in total. The first-order valence-corrected chi connectivity index (χ1v) is 11.5. The third kappa shape index (κ3) is 6.19. The summed E-state index contributed by atoms with van der Waals surface area (Å²) in [5.41, 5.74) is 16.9. The van der Waals surface area contributed by atoms with E-state index in [1.807, 2.05) is 42.5 Å². The molecule has 1 heterocycles. The molecule has 0 aliphatic carbocycles. The van der Waals surface area contributed by atoms with Gasteiger partial charge in [0.15, 0.2) is 5.82 Å². The number of azo groups is 1. The number of hydrogen-bond donors (Lipinski definition) is 3. The first-order chi connectivity index (χ1) is 16.6. The summed E-state index contributed by atoms with van der Waals surface area (Å²) >= 11 is 5.98. The summed E-state index contributed by atoms with van der Waals surface area (Å²) in [7, 11) is 0. The van der Waals surface area contributed by atoms with Crippen LogP contribution in [-0.4, -0.2) is 11.5 Å². The van der Waals surface area contributed by atoms with Crippen LogP contribution in [0.4, 0.5) is 23.0 Å². The summed E-state index contributed by atoms with van der Waals surface area (Å²) in [6.07, 6.45) is 0.823. The molecule has 0 amide bonds. The highest BCUT2D eigenvalue weighted by Crippen LogP contribution is 2.39. The smallest absolute Gasteiger partial charge is 0.154 e. The molecule has 7 heteroatoms. The predicted octanol–water partition coefficient (Wildman–Crippen LogP) is 6.63. The number of anilines is 2. The second-order valence-corrected chi connectivity index (χ2v) is 8.40. The Kier molecular flexibility index (Phi) is 7.86. The average Bonchev–Trinajstić information content (AvgIpc) is 2.85. The van der Waals surface area contributed by atoms with Crippen LogP contribution in [0.5, 0.6) is 0 Å². The van der Waals surface area contributed by atoms with Gasteiger partial charge in [0.25, 0.3) is 0 Å². The predicted molar refractivity (Wildman–Crippen MR) is 140 cm³/mol. The monoisotopic (exact) mass is 470 g/mol. The van der Waals surface area contributed by atoms with Crippen LogP contribution in [0.2, 0.25) is 5.02 Å². The minimum absolute atomic E-state index is 0.0104. The number of hydrogen-bond acceptors (Lipinski definition) is 6. The van der Waals surface area contributed by atoms with E-state index in [-0.39, 0.29) is 11.7 Å². The van der Waals surface area contributed by atoms with Crippen LogP contribution in [0.3, 0.4) is 0 Å². The lowest BCUT2D eigenvalue weighted by atomic mass is 9.87. The normalized spacial score (nSPS) is 12.1. The van der Waals surface area contributed by atoms with E-state index in [2.05, 4.69) is 44.8 Å². The Morgan fingerprint density at radius 3 is 2.24 bits per heavy atom. The Labute approximate surface area is 204 Å². The minimum atomic E-state index is 0.0104. The molecule has 4 rings (SSSR count). The Balaban J connectivity index is 1.62. The van der Waals surface area contributed by atoms with Crippen molar-refractivity contribution < 1.29 is 0 Å². The van der Waals surface area contributed by atoms with Crippen LogP contribution < -0.4 is 16.8 Å². The second-order valence-electron chi connectivity index (χ2n) is 7.96. The summed E-state index contributed by atoms with van der Waals surface area (Å²) in [5, 5.41) is 13.0. The zero-order valence-electron chi connectivity index (χ0n) is 18.7. The molecule has 1 atom stereocenters. The first-order valence-electron chi connectivity index (χ1n) is 11.1. The van der Waals surface area contributed by atoms with Crippen molar-refractivity contribution in [2.75, 3.05) is 18.0 Å². The molecule has 0 saturated heterocycles. The number of rotatable bonds is 9. The maximum Gasteiger partial charge on any atom is 0.154 e. The molecule has 0 radical (unpaired) electrons. The Hall–Kier alpha value is -3.74. The second kappa shape index (κ2) is 11.4. The summed E-state index contributed by atoms with van der Waals surface area (Å²) in [4.78, 5) is 4.24. The molecule has 4 aromatic rings. The van der Waals surface area contributed by atoms with Crippen molar-refractivity contribution in [2.24, 2.45) is 10.2 Å². The van der Waals surface area contributed by atoms with E-state index < -0.39 is 0 Å². The van der Waals surface area contributed by atoms with Crippen LogP contribution in [0, 0.1) is 0 Å². The molecule has 1 unspecified atom stereocenters. The van der Waals surface area contributed by atoms with Gasteiger partial charge in [0.05, 0.1) is 5.69 Å². The SMILES string of the molecule is Nc1cc(C(CCNCc2ccccc2)c2ccccc2)c(N=Nc2ccc(Cl)cc2)c(N)n1. The van der Waals surface area contributed by atoms with Crippen LogP contribution >= 0.6 is 11.6 Å². The average molecular weight is 471 g/mol. The van der Waals surface area contributed by atoms with Gasteiger partial charge >= 0.3 is 0 Å². The molecule has 3 aromatic carbocycles. The Morgan fingerprint density at radius 2 is 1.53 bits per heavy atom. The number of nitrogen functional groups attached to an aromatic ring is 2. The minimum Gasteiger partial charge on any atom is -0.384 e. The number of nitrogens with one attached hydrogen (secondary N) is 1. The fourth-order valence-electron chi connectivity index (χ4n) is 3.85. The van der Waals surface area contributed by atoms with Gasteiger partial charge in [0, 0.05) is 17.5 Å². The van der Waals surface area contributed by atoms with E-state index in [1.54, 1.807) is 24.3 Å². The van der Waals surface area contributed by atoms with Gasteiger partial charge in [-0.25, -0.2) is 4.98 Å². The van der Waals surface area contributed by atoms with E-state index in [9.17, 15) is 0 Å². The Morgan fingerprint density at radius 1 is 0.853 bits per heavy atom. The maximum atomic E-state index is 6.28. The largest absolute Gasteiger partial charge is 0.384 e. The quantitative estimate of drug-likeness (QED) is 0.189. The molecule has 0 bridgehead atoms. The molecule has 34 heavy (non-hydrogen) atoms. The molecular weight excluding hydrogens is 444 g/mol. The molecule has 6 nitrogen and oxygen atoms in total. The molecular formula is C27H27ClN6. The van der Waals surface area contributed by atoms with E-state index in [4.69, 9.17) is 23.1 Å². The summed E-state index contributed by atoms with van der Waals surface area (Å²) in [5.74, 6) is 0.623. The lowest BCUT2D eigenvalue weighted by Crippen LogP contribution is -2.18. The maximum absolute atomic E-state index is 6.28. The molecule has 0 saturated carbocycles. The number of nitrogens with zero attached hydrogens (tertiary/aromatic N) is 3. The van der Waals surface area contributed by atoms with Gasteiger partial charge in [-0.3, -0.25) is 0 Å². The number of nitrogens with two attached hydrogens (primary N) is 2. The Bertz CT molecular complexity index is 1230. The van der Waals surface area contributed by atoms with Crippen molar-refractivity contribution in [1.82, 2.24) is 10.3 Å². The third-order valence-electron chi connectivity index (χ3n) is 5.52. The first kappa shape index (κ1) is 23.4. The summed E-state index contributed by atoms with van der Waals surface area (Å²) in [6.45, 7) is 1.59. The van der Waals surface area contributed by atoms with Crippen molar-refractivity contribution in [3.8, 4) is 0 Å². The number of benzene rings is 3. The fraction of sp³-hybridized carbons (Fsp3) is 0.148. The van der Waals surface area contributed by atoms with E-state index in [0.717, 1.165) is 30.6 Å². The van der Waals surface area contributed by atoms with Gasteiger partial charge in [0.1, 0.15) is 11.5 Å². The van der Waals surface area contributed by atoms with Crippen LogP contribution in [0.1, 0.15) is 29.0 Å². The van der Waals surface area contributed by atoms with Gasteiger partial charge in [0.2, 0.25) is 0 Å². The van der Waals surface area contributed by atoms with Crippen molar-refractivity contribution in [3.05, 3.63) is 113 Å². The van der Waals surface area contributed by atoms with Crippen LogP contribution in [-0.2, 0) is 6.54 Å². The van der Waals surface area contributed by atoms with Gasteiger partial charge < -0.3 is 16.8 Å². The molecule has 172 valence electrons. The number of halogens is 1. The van der Waals surface area contributed by atoms with Crippen molar-refractivity contribution in [3.63, 3.8) is 0 Å². The van der Waals surface area contributed by atoms with Crippen molar-refractivity contribution >= 4 is 34.6 Å². The lowest BCUT2D eigenvalue weighted by molar-refractivity contribution is 0.611. The highest BCUT2D eigenvalue weighted by atomic mass is 35.5. The standard InChI is InChI=1S/C27H27ClN6/c28-21-11-13-22(14-12-21)33-34-26-24(17-25(29)32-27(26)30)23(20-9-5-2-6-10-20)15-16-31-18-19-7-3-1-4-8-19/h1-14,17,23,31H,15-16,18H2,(H4,29,30,32). The molecule has 0 aliphatic heterocycles. The van der Waals surface area contributed by atoms with E-state index in [0.29, 0.717) is 22.2 Å². The molecule has 0 fully saturated rings. The number of aromatic nitrogens is 1.